The van der Waals surface area contributed by atoms with Gasteiger partial charge in [0.15, 0.2) is 0 Å². The normalized spacial score (nSPS) is 11.0. The second-order valence-electron chi connectivity index (χ2n) is 4.44. The number of hydrogen-bond donors (Lipinski definition) is 0. The van der Waals surface area contributed by atoms with Gasteiger partial charge in [-0.1, -0.05) is 60.2 Å². The van der Waals surface area contributed by atoms with Gasteiger partial charge in [-0.15, -0.1) is 0 Å². The molecule has 17 heavy (non-hydrogen) atoms. The van der Waals surface area contributed by atoms with Crippen LogP contribution in [0.4, 0.5) is 0 Å². The highest BCUT2D eigenvalue weighted by Gasteiger charge is 2.00. The Labute approximate surface area is 104 Å². The van der Waals surface area contributed by atoms with Gasteiger partial charge in [-0.25, -0.2) is 0 Å². The van der Waals surface area contributed by atoms with Gasteiger partial charge in [0.25, 0.3) is 0 Å². The molecule has 0 bridgehead atoms. The summed E-state index contributed by atoms with van der Waals surface area (Å²) in [4.78, 5) is 0. The van der Waals surface area contributed by atoms with Crippen molar-refractivity contribution in [3.8, 4) is 11.1 Å². The summed E-state index contributed by atoms with van der Waals surface area (Å²) in [5.41, 5.74) is 6.49. The summed E-state index contributed by atoms with van der Waals surface area (Å²) in [6.45, 7) is 6.32. The number of rotatable bonds is 2. The average Bonchev–Trinajstić information content (AvgIpc) is 2.33. The van der Waals surface area contributed by atoms with E-state index in [2.05, 4.69) is 68.5 Å². The third kappa shape index (κ3) is 2.65. The maximum atomic E-state index is 2.25. The van der Waals surface area contributed by atoms with E-state index in [0.29, 0.717) is 0 Å². The lowest BCUT2D eigenvalue weighted by atomic mass is 9.99. The Morgan fingerprint density at radius 1 is 0.824 bits per heavy atom. The zero-order valence-corrected chi connectivity index (χ0v) is 10.7. The van der Waals surface area contributed by atoms with Crippen LogP contribution in [0, 0.1) is 13.8 Å². The maximum Gasteiger partial charge on any atom is -0.0181 e. The fourth-order valence-electron chi connectivity index (χ4n) is 1.97. The molecule has 0 radical (unpaired) electrons. The van der Waals surface area contributed by atoms with Crippen LogP contribution in [0.3, 0.4) is 0 Å². The molecule has 0 unspecified atom stereocenters. The monoisotopic (exact) mass is 222 g/mol. The van der Waals surface area contributed by atoms with Crippen LogP contribution in [0.1, 0.15) is 23.6 Å². The molecule has 0 aliphatic rings. The molecular formula is C17H18. The highest BCUT2D eigenvalue weighted by Crippen LogP contribution is 2.23. The van der Waals surface area contributed by atoms with E-state index in [0.717, 1.165) is 0 Å². The minimum atomic E-state index is 1.28. The number of hydrogen-bond acceptors (Lipinski definition) is 0. The summed E-state index contributed by atoms with van der Waals surface area (Å²) in [5.74, 6) is 0. The molecular weight excluding hydrogens is 204 g/mol. The van der Waals surface area contributed by atoms with Crippen LogP contribution in [-0.4, -0.2) is 0 Å². The van der Waals surface area contributed by atoms with Crippen LogP contribution >= 0.6 is 0 Å². The SMILES string of the molecule is C/C=C\c1ccc(-c2ccc(C)cc2)cc1C. The summed E-state index contributed by atoms with van der Waals surface area (Å²) in [7, 11) is 0. The Kier molecular flexibility index (Phi) is 3.43. The van der Waals surface area contributed by atoms with Crippen LogP contribution < -0.4 is 0 Å². The van der Waals surface area contributed by atoms with E-state index in [4.69, 9.17) is 0 Å². The van der Waals surface area contributed by atoms with Gasteiger partial charge in [0, 0.05) is 0 Å². The molecule has 0 amide bonds. The predicted octanol–water partition coefficient (Wildman–Crippen LogP) is 5.00. The third-order valence-electron chi connectivity index (χ3n) is 3.00. The first kappa shape index (κ1) is 11.7. The third-order valence-corrected chi connectivity index (χ3v) is 3.00. The van der Waals surface area contributed by atoms with E-state index in [9.17, 15) is 0 Å². The highest BCUT2D eigenvalue weighted by molar-refractivity contribution is 5.67. The fourth-order valence-corrected chi connectivity index (χ4v) is 1.97. The molecule has 0 atom stereocenters. The quantitative estimate of drug-likeness (QED) is 0.670. The van der Waals surface area contributed by atoms with E-state index < -0.39 is 0 Å². The smallest absolute Gasteiger partial charge is 0.0181 e. The first-order valence-electron chi connectivity index (χ1n) is 6.01. The molecule has 0 spiro atoms. The fraction of sp³-hybridized carbons (Fsp3) is 0.176. The summed E-state index contributed by atoms with van der Waals surface area (Å²) in [6, 6.07) is 15.3. The van der Waals surface area contributed by atoms with Gasteiger partial charge in [-0.2, -0.15) is 0 Å². The number of allylic oxidation sites excluding steroid dienone is 1. The molecule has 0 fully saturated rings. The molecule has 0 saturated carbocycles. The molecule has 0 heterocycles. The summed E-state index contributed by atoms with van der Waals surface area (Å²) >= 11 is 0. The van der Waals surface area contributed by atoms with Crippen molar-refractivity contribution in [2.24, 2.45) is 0 Å². The van der Waals surface area contributed by atoms with Crippen molar-refractivity contribution in [1.82, 2.24) is 0 Å². The van der Waals surface area contributed by atoms with E-state index >= 15 is 0 Å². The molecule has 0 aromatic heterocycles. The minimum Gasteiger partial charge on any atom is -0.0871 e. The zero-order valence-electron chi connectivity index (χ0n) is 10.7. The summed E-state index contributed by atoms with van der Waals surface area (Å²) < 4.78 is 0. The zero-order chi connectivity index (χ0) is 12.3. The molecule has 2 rings (SSSR count). The van der Waals surface area contributed by atoms with Crippen LogP contribution in [0.25, 0.3) is 17.2 Å². The summed E-state index contributed by atoms with van der Waals surface area (Å²) in [5, 5.41) is 0. The van der Waals surface area contributed by atoms with Gasteiger partial charge < -0.3 is 0 Å². The molecule has 2 aromatic rings. The van der Waals surface area contributed by atoms with Crippen molar-refractivity contribution in [3.63, 3.8) is 0 Å². The molecule has 0 heteroatoms. The van der Waals surface area contributed by atoms with Crippen molar-refractivity contribution < 1.29 is 0 Å². The van der Waals surface area contributed by atoms with E-state index in [1.165, 1.54) is 27.8 Å². The topological polar surface area (TPSA) is 0 Å². The highest BCUT2D eigenvalue weighted by atomic mass is 14.0. The molecule has 0 N–H and O–H groups in total. The average molecular weight is 222 g/mol. The van der Waals surface area contributed by atoms with E-state index in [1.54, 1.807) is 0 Å². The minimum absolute atomic E-state index is 1.28. The van der Waals surface area contributed by atoms with Gasteiger partial charge in [0.2, 0.25) is 0 Å². The van der Waals surface area contributed by atoms with Crippen LogP contribution in [0.2, 0.25) is 0 Å². The number of benzene rings is 2. The predicted molar refractivity (Wildman–Crippen MR) is 76.1 cm³/mol. The van der Waals surface area contributed by atoms with Gasteiger partial charge in [0.1, 0.15) is 0 Å². The second-order valence-corrected chi connectivity index (χ2v) is 4.44. The lowest BCUT2D eigenvalue weighted by Crippen LogP contribution is -1.84. The molecule has 0 aliphatic heterocycles. The van der Waals surface area contributed by atoms with Crippen LogP contribution in [0.5, 0.6) is 0 Å². The molecule has 0 aliphatic carbocycles. The van der Waals surface area contributed by atoms with Crippen LogP contribution in [-0.2, 0) is 0 Å². The van der Waals surface area contributed by atoms with Gasteiger partial charge in [-0.05, 0) is 43.0 Å². The molecule has 2 aromatic carbocycles. The lowest BCUT2D eigenvalue weighted by Gasteiger charge is -2.06. The van der Waals surface area contributed by atoms with Gasteiger partial charge >= 0.3 is 0 Å². The molecule has 86 valence electrons. The Morgan fingerprint density at radius 2 is 1.47 bits per heavy atom. The Balaban J connectivity index is 2.40. The standard InChI is InChI=1S/C17H18/c1-4-5-15-10-11-17(12-14(15)3)16-8-6-13(2)7-9-16/h4-12H,1-3H3/b5-4-. The van der Waals surface area contributed by atoms with Crippen molar-refractivity contribution in [2.45, 2.75) is 20.8 Å². The summed E-state index contributed by atoms with van der Waals surface area (Å²) in [6.07, 6.45) is 4.22. The lowest BCUT2D eigenvalue weighted by molar-refractivity contribution is 1.42. The van der Waals surface area contributed by atoms with E-state index in [-0.39, 0.29) is 0 Å². The first-order valence-corrected chi connectivity index (χ1v) is 6.01. The van der Waals surface area contributed by atoms with Crippen LogP contribution in [0.15, 0.2) is 48.5 Å². The Morgan fingerprint density at radius 3 is 2.06 bits per heavy atom. The van der Waals surface area contributed by atoms with E-state index in [1.807, 2.05) is 6.92 Å². The second kappa shape index (κ2) is 5.01. The van der Waals surface area contributed by atoms with Crippen molar-refractivity contribution in [2.75, 3.05) is 0 Å². The Bertz CT molecular complexity index is 530. The number of aryl methyl sites for hydroxylation is 2. The first-order chi connectivity index (χ1) is 8.20. The van der Waals surface area contributed by atoms with Gasteiger partial charge in [-0.3, -0.25) is 0 Å². The maximum absolute atomic E-state index is 2.25. The molecule has 0 saturated heterocycles. The molecule has 0 nitrogen and oxygen atoms in total. The van der Waals surface area contributed by atoms with Crippen molar-refractivity contribution in [3.05, 3.63) is 65.2 Å². The van der Waals surface area contributed by atoms with Crippen molar-refractivity contribution in [1.29, 1.82) is 0 Å². The Hall–Kier alpha value is -1.82. The largest absolute Gasteiger partial charge is 0.0871 e. The van der Waals surface area contributed by atoms with Crippen molar-refractivity contribution >= 4 is 6.08 Å². The van der Waals surface area contributed by atoms with Gasteiger partial charge in [0.05, 0.1) is 0 Å².